The molecule has 13 heteroatoms. The molecule has 0 radical (unpaired) electrons. The third-order valence-electron chi connectivity index (χ3n) is 5.63. The van der Waals surface area contributed by atoms with Gasteiger partial charge in [0.1, 0.15) is 5.69 Å². The summed E-state index contributed by atoms with van der Waals surface area (Å²) in [4.78, 5) is 26.5. The van der Waals surface area contributed by atoms with Gasteiger partial charge in [-0.3, -0.25) is 15.6 Å². The lowest BCUT2D eigenvalue weighted by Crippen LogP contribution is -2.38. The van der Waals surface area contributed by atoms with E-state index in [-0.39, 0.29) is 17.5 Å². The highest BCUT2D eigenvalue weighted by Crippen LogP contribution is 2.30. The van der Waals surface area contributed by atoms with E-state index in [0.717, 1.165) is 18.3 Å². The van der Waals surface area contributed by atoms with Gasteiger partial charge in [-0.25, -0.2) is 14.4 Å². The van der Waals surface area contributed by atoms with Gasteiger partial charge in [-0.2, -0.15) is 18.2 Å². The maximum Gasteiger partial charge on any atom is 0.416 e. The van der Waals surface area contributed by atoms with Crippen molar-refractivity contribution < 1.29 is 27.1 Å². The van der Waals surface area contributed by atoms with Crippen LogP contribution in [0.3, 0.4) is 0 Å². The molecule has 2 aromatic rings. The molecule has 38 heavy (non-hydrogen) atoms. The predicted molar refractivity (Wildman–Crippen MR) is 136 cm³/mol. The second-order valence-electron chi connectivity index (χ2n) is 8.22. The summed E-state index contributed by atoms with van der Waals surface area (Å²) in [6.45, 7) is 7.52. The number of nitrogens with one attached hydrogen (secondary N) is 3. The molecule has 0 spiro atoms. The van der Waals surface area contributed by atoms with Crippen molar-refractivity contribution in [3.63, 3.8) is 0 Å². The molecule has 1 aliphatic carbocycles. The van der Waals surface area contributed by atoms with Crippen molar-refractivity contribution in [3.8, 4) is 0 Å². The molecule has 206 valence electrons. The lowest BCUT2D eigenvalue weighted by molar-refractivity contribution is -0.0884. The van der Waals surface area contributed by atoms with E-state index in [1.807, 2.05) is 13.8 Å². The molecule has 3 heterocycles. The van der Waals surface area contributed by atoms with Crippen LogP contribution in [0, 0.1) is 12.7 Å². The van der Waals surface area contributed by atoms with E-state index < -0.39 is 29.5 Å². The summed E-state index contributed by atoms with van der Waals surface area (Å²) in [5.74, 6) is -1.08. The Morgan fingerprint density at radius 3 is 2.58 bits per heavy atom. The number of carbonyl (C=O) groups excluding carboxylic acids is 1. The van der Waals surface area contributed by atoms with Gasteiger partial charge >= 0.3 is 6.18 Å². The number of aryl methyl sites for hydroxylation is 1. The number of hydrazine groups is 1. The van der Waals surface area contributed by atoms with Crippen LogP contribution in [0.5, 0.6) is 0 Å². The SMILES string of the molecule is CC.Cc1nc(C(=O)NNc2ncc(F)c(N3CCOCC3)n2)ccc1NC1C=C(C(F)(F)F)C=CCC1. The lowest BCUT2D eigenvalue weighted by atomic mass is 10.1. The molecule has 1 amide bonds. The second-order valence-corrected chi connectivity index (χ2v) is 8.22. The maximum absolute atomic E-state index is 14.2. The van der Waals surface area contributed by atoms with Gasteiger partial charge in [0.2, 0.25) is 5.95 Å². The van der Waals surface area contributed by atoms with Gasteiger partial charge < -0.3 is 15.0 Å². The zero-order chi connectivity index (χ0) is 27.7. The Bertz CT molecular complexity index is 1160. The molecule has 1 unspecified atom stereocenters. The summed E-state index contributed by atoms with van der Waals surface area (Å²) in [6.07, 6.45) is 1.29. The number of anilines is 3. The average Bonchev–Trinajstić information content (AvgIpc) is 3.17. The third-order valence-corrected chi connectivity index (χ3v) is 5.63. The molecule has 1 aliphatic heterocycles. The second kappa shape index (κ2) is 13.2. The molecule has 4 rings (SSSR count). The van der Waals surface area contributed by atoms with Gasteiger partial charge in [0.05, 0.1) is 36.4 Å². The Hall–Kier alpha value is -3.74. The zero-order valence-electron chi connectivity index (χ0n) is 21.4. The molecule has 9 nitrogen and oxygen atoms in total. The number of carbonyl (C=O) groups is 1. The van der Waals surface area contributed by atoms with Crippen LogP contribution >= 0.6 is 0 Å². The minimum absolute atomic E-state index is 0.00419. The molecule has 2 aliphatic rings. The van der Waals surface area contributed by atoms with E-state index in [1.165, 1.54) is 12.1 Å². The first-order valence-corrected chi connectivity index (χ1v) is 12.3. The number of aromatic nitrogens is 3. The Morgan fingerprint density at radius 2 is 1.89 bits per heavy atom. The van der Waals surface area contributed by atoms with Crippen molar-refractivity contribution in [2.45, 2.75) is 45.8 Å². The zero-order valence-corrected chi connectivity index (χ0v) is 21.4. The van der Waals surface area contributed by atoms with Crippen LogP contribution in [0.4, 0.5) is 35.0 Å². The number of ether oxygens (including phenoxy) is 1. The minimum Gasteiger partial charge on any atom is -0.378 e. The van der Waals surface area contributed by atoms with E-state index in [9.17, 15) is 22.4 Å². The van der Waals surface area contributed by atoms with Crippen LogP contribution in [-0.4, -0.2) is 59.4 Å². The van der Waals surface area contributed by atoms with E-state index in [2.05, 4.69) is 31.1 Å². The first-order chi connectivity index (χ1) is 18.2. The topological polar surface area (TPSA) is 104 Å². The Labute approximate surface area is 218 Å². The van der Waals surface area contributed by atoms with Gasteiger partial charge in [-0.05, 0) is 31.9 Å². The molecular formula is C25H31F4N7O2. The van der Waals surface area contributed by atoms with Crippen molar-refractivity contribution >= 4 is 23.4 Å². The Kier molecular flexibility index (Phi) is 9.99. The Balaban J connectivity index is 0.00000195. The van der Waals surface area contributed by atoms with E-state index in [1.54, 1.807) is 17.9 Å². The Morgan fingerprint density at radius 1 is 1.16 bits per heavy atom. The monoisotopic (exact) mass is 537 g/mol. The summed E-state index contributed by atoms with van der Waals surface area (Å²) in [7, 11) is 0. The minimum atomic E-state index is -4.43. The largest absolute Gasteiger partial charge is 0.416 e. The number of morpholine rings is 1. The number of halogens is 4. The fraction of sp³-hybridized carbons (Fsp3) is 0.440. The van der Waals surface area contributed by atoms with Gasteiger partial charge in [0.15, 0.2) is 11.6 Å². The number of alkyl halides is 3. The predicted octanol–water partition coefficient (Wildman–Crippen LogP) is 4.56. The number of rotatable bonds is 6. The van der Waals surface area contributed by atoms with Gasteiger partial charge in [0.25, 0.3) is 5.91 Å². The standard InChI is InChI=1S/C23H25F4N7O2.C2H6/c1-14-18(30-16-5-3-2-4-15(12-16)23(25,26)27)6-7-19(29-14)21(35)32-33-22-28-13-17(24)20(31-22)34-8-10-36-11-9-34;1-2/h2,4,6-7,12-13,16,30H,3,5,8-11H2,1H3,(H,32,35)(H,28,31,33);1-2H3. The number of pyridine rings is 1. The third kappa shape index (κ3) is 7.63. The molecule has 0 bridgehead atoms. The molecule has 1 fully saturated rings. The van der Waals surface area contributed by atoms with Crippen molar-refractivity contribution in [2.75, 3.05) is 41.9 Å². The van der Waals surface area contributed by atoms with Gasteiger partial charge in [-0.15, -0.1) is 0 Å². The number of allylic oxidation sites excluding steroid dienone is 3. The first-order valence-electron chi connectivity index (χ1n) is 12.3. The molecule has 2 aromatic heterocycles. The molecule has 0 aromatic carbocycles. The molecule has 1 atom stereocenters. The van der Waals surface area contributed by atoms with Crippen molar-refractivity contribution in [2.24, 2.45) is 0 Å². The van der Waals surface area contributed by atoms with Crippen LogP contribution in [0.1, 0.15) is 42.9 Å². The fourth-order valence-corrected chi connectivity index (χ4v) is 3.78. The van der Waals surface area contributed by atoms with Crippen LogP contribution in [0.2, 0.25) is 0 Å². The highest BCUT2D eigenvalue weighted by atomic mass is 19.4. The van der Waals surface area contributed by atoms with Crippen LogP contribution in [0.25, 0.3) is 0 Å². The first kappa shape index (κ1) is 28.8. The summed E-state index contributed by atoms with van der Waals surface area (Å²) in [6, 6.07) is 2.48. The summed E-state index contributed by atoms with van der Waals surface area (Å²) in [5.41, 5.74) is 5.29. The van der Waals surface area contributed by atoms with Crippen molar-refractivity contribution in [1.82, 2.24) is 20.4 Å². The molecule has 1 saturated heterocycles. The average molecular weight is 538 g/mol. The number of hydrogen-bond donors (Lipinski definition) is 3. The van der Waals surface area contributed by atoms with Crippen LogP contribution in [0.15, 0.2) is 42.1 Å². The summed E-state index contributed by atoms with van der Waals surface area (Å²) in [5, 5.41) is 3.06. The lowest BCUT2D eigenvalue weighted by Gasteiger charge is -2.28. The summed E-state index contributed by atoms with van der Waals surface area (Å²) < 4.78 is 58.9. The van der Waals surface area contributed by atoms with E-state index in [0.29, 0.717) is 50.5 Å². The highest BCUT2D eigenvalue weighted by molar-refractivity contribution is 5.93. The number of nitrogens with zero attached hydrogens (tertiary/aromatic N) is 4. The smallest absolute Gasteiger partial charge is 0.378 e. The number of hydrogen-bond acceptors (Lipinski definition) is 8. The highest BCUT2D eigenvalue weighted by Gasteiger charge is 2.33. The van der Waals surface area contributed by atoms with Crippen LogP contribution < -0.4 is 21.1 Å². The fourth-order valence-electron chi connectivity index (χ4n) is 3.78. The molecular weight excluding hydrogens is 506 g/mol. The van der Waals surface area contributed by atoms with Gasteiger partial charge in [-0.1, -0.05) is 32.1 Å². The normalized spacial score (nSPS) is 17.5. The van der Waals surface area contributed by atoms with Crippen molar-refractivity contribution in [3.05, 3.63) is 59.3 Å². The summed E-state index contributed by atoms with van der Waals surface area (Å²) >= 11 is 0. The molecule has 3 N–H and O–H groups in total. The van der Waals surface area contributed by atoms with Crippen molar-refractivity contribution in [1.29, 1.82) is 0 Å². The van der Waals surface area contributed by atoms with Gasteiger partial charge in [0, 0.05) is 19.1 Å². The molecule has 0 saturated carbocycles. The van der Waals surface area contributed by atoms with Crippen LogP contribution in [-0.2, 0) is 4.74 Å². The van der Waals surface area contributed by atoms with E-state index in [4.69, 9.17) is 4.74 Å². The quantitative estimate of drug-likeness (QED) is 0.364. The van der Waals surface area contributed by atoms with E-state index >= 15 is 0 Å². The number of amides is 1. The maximum atomic E-state index is 14.2.